The van der Waals surface area contributed by atoms with Gasteiger partial charge in [-0.25, -0.2) is 5.14 Å². The molecule has 0 bridgehead atoms. The summed E-state index contributed by atoms with van der Waals surface area (Å²) in [5.41, 5.74) is 0. The second-order valence-corrected chi connectivity index (χ2v) is 5.38. The van der Waals surface area contributed by atoms with Gasteiger partial charge in [-0.3, -0.25) is 0 Å². The second-order valence-electron chi connectivity index (χ2n) is 1.48. The van der Waals surface area contributed by atoms with Crippen molar-refractivity contribution < 1.29 is 8.42 Å². The highest BCUT2D eigenvalue weighted by Crippen LogP contribution is 2.24. The maximum absolute atomic E-state index is 10.2. The van der Waals surface area contributed by atoms with Crippen molar-refractivity contribution >= 4 is 45.0 Å². The smallest absolute Gasteiger partial charge is 0.216 e. The van der Waals surface area contributed by atoms with Crippen molar-refractivity contribution in [3.8, 4) is 0 Å². The number of hydrogen-bond acceptors (Lipinski definition) is 2. The minimum absolute atomic E-state index is 0.337. The van der Waals surface area contributed by atoms with E-state index >= 15 is 0 Å². The van der Waals surface area contributed by atoms with Gasteiger partial charge < -0.3 is 0 Å². The average Bonchev–Trinajstić information content (AvgIpc) is 1.57. The summed E-state index contributed by atoms with van der Waals surface area (Å²) in [4.78, 5) is 0. The molecule has 0 aromatic heterocycles. The fraction of sp³-hybridized carbons (Fsp3) is 1.00. The lowest BCUT2D eigenvalue weighted by Gasteiger charge is -2.09. The van der Waals surface area contributed by atoms with Gasteiger partial charge in [0.1, 0.15) is 0 Å². The molecule has 0 saturated carbocycles. The Labute approximate surface area is 73.8 Å². The summed E-state index contributed by atoms with van der Waals surface area (Å²) in [7, 11) is -3.76. The Hall–Kier alpha value is 0.740. The molecular formula is C2H5Cl3N2O2S. The summed E-state index contributed by atoms with van der Waals surface area (Å²) < 4.78 is 20.5. The van der Waals surface area contributed by atoms with E-state index in [1.54, 1.807) is 0 Å². The van der Waals surface area contributed by atoms with Crippen LogP contribution in [0.4, 0.5) is 0 Å². The van der Waals surface area contributed by atoms with Crippen molar-refractivity contribution in [2.45, 2.75) is 3.79 Å². The maximum atomic E-state index is 10.2. The molecule has 8 heteroatoms. The Balaban J connectivity index is 3.79. The van der Waals surface area contributed by atoms with Crippen LogP contribution in [0, 0.1) is 0 Å². The number of rotatable bonds is 2. The van der Waals surface area contributed by atoms with Gasteiger partial charge in [-0.1, -0.05) is 34.8 Å². The first-order valence-corrected chi connectivity index (χ1v) is 4.73. The molecule has 0 fully saturated rings. The van der Waals surface area contributed by atoms with E-state index in [0.29, 0.717) is 0 Å². The van der Waals surface area contributed by atoms with Crippen LogP contribution in [-0.2, 0) is 10.2 Å². The first-order chi connectivity index (χ1) is 4.21. The molecule has 10 heavy (non-hydrogen) atoms. The molecule has 0 saturated heterocycles. The van der Waals surface area contributed by atoms with Crippen molar-refractivity contribution in [2.24, 2.45) is 5.14 Å². The lowest BCUT2D eigenvalue weighted by atomic mass is 10.8. The summed E-state index contributed by atoms with van der Waals surface area (Å²) in [6, 6.07) is 0. The molecule has 0 atom stereocenters. The number of hydrogen-bond donors (Lipinski definition) is 2. The monoisotopic (exact) mass is 226 g/mol. The quantitative estimate of drug-likeness (QED) is 0.659. The van der Waals surface area contributed by atoms with Crippen LogP contribution in [0.1, 0.15) is 0 Å². The van der Waals surface area contributed by atoms with Gasteiger partial charge in [-0.05, 0) is 0 Å². The first-order valence-electron chi connectivity index (χ1n) is 2.05. The van der Waals surface area contributed by atoms with Crippen LogP contribution < -0.4 is 9.86 Å². The molecule has 4 nitrogen and oxygen atoms in total. The minimum atomic E-state index is -3.76. The largest absolute Gasteiger partial charge is 0.274 e. The van der Waals surface area contributed by atoms with Gasteiger partial charge in [0.15, 0.2) is 0 Å². The molecule has 0 radical (unpaired) electrons. The number of halogens is 3. The Morgan fingerprint density at radius 1 is 1.40 bits per heavy atom. The topological polar surface area (TPSA) is 72.2 Å². The summed E-state index contributed by atoms with van der Waals surface area (Å²) in [6.45, 7) is -0.337. The molecule has 0 heterocycles. The summed E-state index contributed by atoms with van der Waals surface area (Å²) in [5.74, 6) is 0. The van der Waals surface area contributed by atoms with Crippen LogP contribution in [-0.4, -0.2) is 18.8 Å². The molecule has 0 aliphatic rings. The molecule has 0 aromatic rings. The maximum Gasteiger partial charge on any atom is 0.274 e. The van der Waals surface area contributed by atoms with Crippen molar-refractivity contribution in [1.29, 1.82) is 0 Å². The van der Waals surface area contributed by atoms with Crippen molar-refractivity contribution in [3.05, 3.63) is 0 Å². The van der Waals surface area contributed by atoms with Crippen LogP contribution in [0.2, 0.25) is 0 Å². The van der Waals surface area contributed by atoms with E-state index in [2.05, 4.69) is 5.14 Å². The highest BCUT2D eigenvalue weighted by molar-refractivity contribution is 7.87. The highest BCUT2D eigenvalue weighted by atomic mass is 35.6. The van der Waals surface area contributed by atoms with Crippen LogP contribution >= 0.6 is 34.8 Å². The van der Waals surface area contributed by atoms with Gasteiger partial charge in [-0.15, -0.1) is 0 Å². The molecule has 0 aliphatic carbocycles. The van der Waals surface area contributed by atoms with E-state index in [0.717, 1.165) is 0 Å². The van der Waals surface area contributed by atoms with Gasteiger partial charge in [0.25, 0.3) is 10.2 Å². The van der Waals surface area contributed by atoms with Gasteiger partial charge in [0.2, 0.25) is 3.79 Å². The Bertz CT molecular complexity index is 195. The van der Waals surface area contributed by atoms with Crippen LogP contribution in [0.5, 0.6) is 0 Å². The third-order valence-electron chi connectivity index (χ3n) is 0.474. The van der Waals surface area contributed by atoms with Gasteiger partial charge in [-0.2, -0.15) is 13.1 Å². The summed E-state index contributed by atoms with van der Waals surface area (Å²) in [6.07, 6.45) is 0. The molecule has 0 rings (SSSR count). The molecule has 62 valence electrons. The van der Waals surface area contributed by atoms with Crippen LogP contribution in [0.3, 0.4) is 0 Å². The Morgan fingerprint density at radius 3 is 1.90 bits per heavy atom. The van der Waals surface area contributed by atoms with Crippen molar-refractivity contribution in [1.82, 2.24) is 4.72 Å². The lowest BCUT2D eigenvalue weighted by Crippen LogP contribution is -2.36. The third-order valence-corrected chi connectivity index (χ3v) is 1.42. The molecule has 0 spiro atoms. The molecule has 0 aliphatic heterocycles. The predicted octanol–water partition coefficient (Wildman–Crippen LogP) is 0.150. The predicted molar refractivity (Wildman–Crippen MR) is 41.4 cm³/mol. The van der Waals surface area contributed by atoms with Crippen LogP contribution in [0.25, 0.3) is 0 Å². The van der Waals surface area contributed by atoms with Gasteiger partial charge >= 0.3 is 0 Å². The van der Waals surface area contributed by atoms with Crippen molar-refractivity contribution in [2.75, 3.05) is 6.54 Å². The third kappa shape index (κ3) is 8.74. The van der Waals surface area contributed by atoms with E-state index < -0.39 is 14.0 Å². The molecule has 0 unspecified atom stereocenters. The minimum Gasteiger partial charge on any atom is -0.216 e. The van der Waals surface area contributed by atoms with E-state index in [9.17, 15) is 8.42 Å². The first kappa shape index (κ1) is 10.7. The SMILES string of the molecule is NS(=O)(=O)NCC(Cl)(Cl)Cl. The number of alkyl halides is 3. The summed E-state index contributed by atoms with van der Waals surface area (Å²) >= 11 is 15.6. The standard InChI is InChI=1S/C2H5Cl3N2O2S/c3-2(4,5)1-7-10(6,8)9/h7H,1H2,(H2,6,8,9). The molecule has 3 N–H and O–H groups in total. The Kier molecular flexibility index (Phi) is 3.68. The zero-order valence-corrected chi connectivity index (χ0v) is 7.73. The Morgan fingerprint density at radius 2 is 1.80 bits per heavy atom. The zero-order valence-electron chi connectivity index (χ0n) is 4.64. The average molecular weight is 228 g/mol. The van der Waals surface area contributed by atoms with E-state index in [1.165, 1.54) is 0 Å². The van der Waals surface area contributed by atoms with Gasteiger partial charge in [0.05, 0.1) is 6.54 Å². The van der Waals surface area contributed by atoms with E-state index in [1.807, 2.05) is 4.72 Å². The zero-order chi connectivity index (χ0) is 8.41. The van der Waals surface area contributed by atoms with E-state index in [4.69, 9.17) is 34.8 Å². The van der Waals surface area contributed by atoms with Crippen molar-refractivity contribution in [3.63, 3.8) is 0 Å². The fourth-order valence-electron chi connectivity index (χ4n) is 0.182. The molecular weight excluding hydrogens is 222 g/mol. The number of nitrogens with one attached hydrogen (secondary N) is 1. The number of nitrogens with two attached hydrogens (primary N) is 1. The summed E-state index contributed by atoms with van der Waals surface area (Å²) in [5, 5.41) is 4.53. The van der Waals surface area contributed by atoms with Gasteiger partial charge in [0, 0.05) is 0 Å². The highest BCUT2D eigenvalue weighted by Gasteiger charge is 2.20. The van der Waals surface area contributed by atoms with Crippen LogP contribution in [0.15, 0.2) is 0 Å². The normalized spacial score (nSPS) is 13.6. The molecule has 0 aromatic carbocycles. The fourth-order valence-corrected chi connectivity index (χ4v) is 1.04. The molecule has 0 amide bonds. The lowest BCUT2D eigenvalue weighted by molar-refractivity contribution is 0.584. The second kappa shape index (κ2) is 3.42. The van der Waals surface area contributed by atoms with E-state index in [-0.39, 0.29) is 6.54 Å².